The van der Waals surface area contributed by atoms with Crippen molar-refractivity contribution in [1.82, 2.24) is 0 Å². The highest BCUT2D eigenvalue weighted by molar-refractivity contribution is 5.85. The van der Waals surface area contributed by atoms with Crippen LogP contribution >= 0.6 is 0 Å². The zero-order chi connectivity index (χ0) is 13.9. The molecule has 2 rings (SSSR count). The second-order valence-electron chi connectivity index (χ2n) is 6.55. The highest BCUT2D eigenvalue weighted by Crippen LogP contribution is 2.36. The Hall–Kier alpha value is -0.610. The summed E-state index contributed by atoms with van der Waals surface area (Å²) in [6.45, 7) is 3.01. The van der Waals surface area contributed by atoms with Crippen molar-refractivity contribution in [3.05, 3.63) is 0 Å². The van der Waals surface area contributed by atoms with E-state index in [4.69, 9.17) is 16.2 Å². The molecular formula is C15H28N2O2. The van der Waals surface area contributed by atoms with Crippen LogP contribution in [0.3, 0.4) is 0 Å². The van der Waals surface area contributed by atoms with Gasteiger partial charge in [-0.25, -0.2) is 0 Å². The SMILES string of the molecule is CC1CCCC(OCCC2CCCC2(N)C(N)=O)C1. The van der Waals surface area contributed by atoms with E-state index in [-0.39, 0.29) is 11.8 Å². The second kappa shape index (κ2) is 6.23. The molecule has 0 aromatic rings. The third-order valence-corrected chi connectivity index (χ3v) is 5.04. The second-order valence-corrected chi connectivity index (χ2v) is 6.55. The average Bonchev–Trinajstić information content (AvgIpc) is 2.73. The minimum atomic E-state index is -0.788. The minimum Gasteiger partial charge on any atom is -0.378 e. The number of rotatable bonds is 5. The fraction of sp³-hybridized carbons (Fsp3) is 0.933. The third-order valence-electron chi connectivity index (χ3n) is 5.04. The number of amides is 1. The molecule has 0 saturated heterocycles. The van der Waals surface area contributed by atoms with Crippen LogP contribution in [0.15, 0.2) is 0 Å². The van der Waals surface area contributed by atoms with Crippen molar-refractivity contribution in [2.75, 3.05) is 6.61 Å². The Kier molecular flexibility index (Phi) is 4.85. The summed E-state index contributed by atoms with van der Waals surface area (Å²) >= 11 is 0. The largest absolute Gasteiger partial charge is 0.378 e. The van der Waals surface area contributed by atoms with Gasteiger partial charge in [-0.2, -0.15) is 0 Å². The molecule has 0 spiro atoms. The molecule has 2 fully saturated rings. The predicted octanol–water partition coefficient (Wildman–Crippen LogP) is 1.95. The van der Waals surface area contributed by atoms with Gasteiger partial charge in [0.15, 0.2) is 0 Å². The first-order chi connectivity index (χ1) is 9.02. The molecule has 0 radical (unpaired) electrons. The summed E-state index contributed by atoms with van der Waals surface area (Å²) in [4.78, 5) is 11.5. The molecule has 0 heterocycles. The lowest BCUT2D eigenvalue weighted by molar-refractivity contribution is -0.124. The Labute approximate surface area is 116 Å². The van der Waals surface area contributed by atoms with Crippen molar-refractivity contribution in [2.24, 2.45) is 23.3 Å². The Balaban J connectivity index is 1.74. The number of carbonyl (C=O) groups excluding carboxylic acids is 1. The van der Waals surface area contributed by atoms with Gasteiger partial charge in [-0.05, 0) is 43.9 Å². The van der Waals surface area contributed by atoms with E-state index < -0.39 is 5.54 Å². The molecule has 2 saturated carbocycles. The first-order valence-corrected chi connectivity index (χ1v) is 7.72. The van der Waals surface area contributed by atoms with E-state index in [1.54, 1.807) is 0 Å². The third kappa shape index (κ3) is 3.48. The van der Waals surface area contributed by atoms with Crippen LogP contribution in [0, 0.1) is 11.8 Å². The lowest BCUT2D eigenvalue weighted by atomic mass is 9.85. The van der Waals surface area contributed by atoms with E-state index in [1.807, 2.05) is 0 Å². The predicted molar refractivity (Wildman–Crippen MR) is 75.4 cm³/mol. The molecule has 0 aromatic heterocycles. The molecule has 110 valence electrons. The Bertz CT molecular complexity index is 321. The molecule has 0 bridgehead atoms. The molecule has 4 unspecified atom stereocenters. The normalized spacial score (nSPS) is 39.4. The van der Waals surface area contributed by atoms with Gasteiger partial charge < -0.3 is 16.2 Å². The van der Waals surface area contributed by atoms with Crippen LogP contribution in [0.4, 0.5) is 0 Å². The lowest BCUT2D eigenvalue weighted by Gasteiger charge is -2.30. The lowest BCUT2D eigenvalue weighted by Crippen LogP contribution is -2.54. The van der Waals surface area contributed by atoms with E-state index in [9.17, 15) is 4.79 Å². The molecule has 2 aliphatic carbocycles. The van der Waals surface area contributed by atoms with Gasteiger partial charge in [-0.3, -0.25) is 4.79 Å². The molecule has 2 aliphatic rings. The van der Waals surface area contributed by atoms with E-state index in [0.29, 0.717) is 12.7 Å². The van der Waals surface area contributed by atoms with Gasteiger partial charge in [-0.1, -0.05) is 26.2 Å². The van der Waals surface area contributed by atoms with Crippen LogP contribution in [-0.4, -0.2) is 24.2 Å². The van der Waals surface area contributed by atoms with Crippen molar-refractivity contribution >= 4 is 5.91 Å². The van der Waals surface area contributed by atoms with E-state index >= 15 is 0 Å². The van der Waals surface area contributed by atoms with Gasteiger partial charge in [0.05, 0.1) is 11.6 Å². The van der Waals surface area contributed by atoms with Crippen LogP contribution in [0.25, 0.3) is 0 Å². The molecule has 0 aromatic carbocycles. The number of hydrogen-bond acceptors (Lipinski definition) is 3. The quantitative estimate of drug-likeness (QED) is 0.800. The first kappa shape index (κ1) is 14.8. The van der Waals surface area contributed by atoms with Crippen LogP contribution in [0.1, 0.15) is 58.3 Å². The average molecular weight is 268 g/mol. The van der Waals surface area contributed by atoms with Crippen molar-refractivity contribution in [1.29, 1.82) is 0 Å². The number of hydrogen-bond donors (Lipinski definition) is 2. The van der Waals surface area contributed by atoms with Crippen molar-refractivity contribution in [2.45, 2.75) is 69.9 Å². The summed E-state index contributed by atoms with van der Waals surface area (Å²) in [6, 6.07) is 0. The molecule has 4 nitrogen and oxygen atoms in total. The van der Waals surface area contributed by atoms with Crippen molar-refractivity contribution < 1.29 is 9.53 Å². The van der Waals surface area contributed by atoms with Gasteiger partial charge in [0.1, 0.15) is 0 Å². The Morgan fingerprint density at radius 3 is 2.79 bits per heavy atom. The van der Waals surface area contributed by atoms with Gasteiger partial charge in [-0.15, -0.1) is 0 Å². The summed E-state index contributed by atoms with van der Waals surface area (Å²) in [5.74, 6) is 0.636. The number of ether oxygens (including phenoxy) is 1. The zero-order valence-corrected chi connectivity index (χ0v) is 12.1. The summed E-state index contributed by atoms with van der Waals surface area (Å²) in [6.07, 6.45) is 8.97. The standard InChI is InChI=1S/C15H28N2O2/c1-11-4-2-6-13(10-11)19-9-7-12-5-3-8-15(12,17)14(16)18/h11-13H,2-10,17H2,1H3,(H2,16,18). The van der Waals surface area contributed by atoms with Gasteiger partial charge >= 0.3 is 0 Å². The Morgan fingerprint density at radius 2 is 2.11 bits per heavy atom. The molecule has 19 heavy (non-hydrogen) atoms. The van der Waals surface area contributed by atoms with Crippen molar-refractivity contribution in [3.63, 3.8) is 0 Å². The molecule has 0 aliphatic heterocycles. The van der Waals surface area contributed by atoms with Crippen LogP contribution < -0.4 is 11.5 Å². The van der Waals surface area contributed by atoms with Crippen LogP contribution in [-0.2, 0) is 9.53 Å². The van der Waals surface area contributed by atoms with Gasteiger partial charge in [0, 0.05) is 6.61 Å². The molecule has 4 atom stereocenters. The number of primary amides is 1. The molecule has 4 N–H and O–H groups in total. The fourth-order valence-corrected chi connectivity index (χ4v) is 3.74. The summed E-state index contributed by atoms with van der Waals surface area (Å²) in [5.41, 5.74) is 10.8. The maximum atomic E-state index is 11.5. The zero-order valence-electron chi connectivity index (χ0n) is 12.1. The molecule has 1 amide bonds. The molecular weight excluding hydrogens is 240 g/mol. The summed E-state index contributed by atoms with van der Waals surface area (Å²) in [7, 11) is 0. The van der Waals surface area contributed by atoms with E-state index in [0.717, 1.165) is 31.6 Å². The highest BCUT2D eigenvalue weighted by atomic mass is 16.5. The summed E-state index contributed by atoms with van der Waals surface area (Å²) < 4.78 is 5.98. The molecule has 4 heteroatoms. The van der Waals surface area contributed by atoms with E-state index in [2.05, 4.69) is 6.92 Å². The van der Waals surface area contributed by atoms with Crippen LogP contribution in [0.2, 0.25) is 0 Å². The first-order valence-electron chi connectivity index (χ1n) is 7.72. The Morgan fingerprint density at radius 1 is 1.32 bits per heavy atom. The number of carbonyl (C=O) groups is 1. The maximum Gasteiger partial charge on any atom is 0.237 e. The van der Waals surface area contributed by atoms with E-state index in [1.165, 1.54) is 25.7 Å². The van der Waals surface area contributed by atoms with Gasteiger partial charge in [0.2, 0.25) is 5.91 Å². The summed E-state index contributed by atoms with van der Waals surface area (Å²) in [5, 5.41) is 0. The minimum absolute atomic E-state index is 0.200. The van der Waals surface area contributed by atoms with Gasteiger partial charge in [0.25, 0.3) is 0 Å². The number of nitrogens with two attached hydrogens (primary N) is 2. The smallest absolute Gasteiger partial charge is 0.237 e. The van der Waals surface area contributed by atoms with Crippen molar-refractivity contribution in [3.8, 4) is 0 Å². The van der Waals surface area contributed by atoms with Crippen LogP contribution in [0.5, 0.6) is 0 Å². The fourth-order valence-electron chi connectivity index (χ4n) is 3.74. The maximum absolute atomic E-state index is 11.5. The highest BCUT2D eigenvalue weighted by Gasteiger charge is 2.43. The monoisotopic (exact) mass is 268 g/mol. The topological polar surface area (TPSA) is 78.3 Å².